The normalized spacial score (nSPS) is 9.73. The third-order valence-electron chi connectivity index (χ3n) is 3.13. The van der Waals surface area contributed by atoms with Gasteiger partial charge in [-0.15, -0.1) is 12.8 Å². The van der Waals surface area contributed by atoms with Gasteiger partial charge >= 0.3 is 0 Å². The van der Waals surface area contributed by atoms with Crippen molar-refractivity contribution in [2.75, 3.05) is 0 Å². The SMILES string of the molecule is C#Cc1ccc(-c2cccc(-c3ccc(C#C)cn3)n2)nc1. The van der Waals surface area contributed by atoms with Gasteiger partial charge in [0.15, 0.2) is 0 Å². The number of hydrogen-bond acceptors (Lipinski definition) is 3. The lowest BCUT2D eigenvalue weighted by Crippen LogP contribution is -1.92. The fourth-order valence-corrected chi connectivity index (χ4v) is 1.98. The molecule has 0 fully saturated rings. The van der Waals surface area contributed by atoms with Crippen LogP contribution < -0.4 is 0 Å². The number of pyridine rings is 3. The van der Waals surface area contributed by atoms with E-state index in [0.29, 0.717) is 0 Å². The van der Waals surface area contributed by atoms with Gasteiger partial charge in [0, 0.05) is 23.5 Å². The summed E-state index contributed by atoms with van der Waals surface area (Å²) in [5, 5.41) is 0. The molecule has 0 unspecified atom stereocenters. The Morgan fingerprint density at radius 2 is 1.14 bits per heavy atom. The molecule has 0 radical (unpaired) electrons. The maximum Gasteiger partial charge on any atom is 0.0894 e. The zero-order valence-electron chi connectivity index (χ0n) is 11.7. The highest BCUT2D eigenvalue weighted by molar-refractivity contribution is 5.62. The monoisotopic (exact) mass is 281 g/mol. The van der Waals surface area contributed by atoms with Crippen LogP contribution in [0.1, 0.15) is 11.1 Å². The Kier molecular flexibility index (Phi) is 3.64. The maximum atomic E-state index is 5.33. The fraction of sp³-hybridized carbons (Fsp3) is 0. The maximum absolute atomic E-state index is 5.33. The molecule has 3 nitrogen and oxygen atoms in total. The summed E-state index contributed by atoms with van der Waals surface area (Å²) in [5.41, 5.74) is 4.55. The first-order chi connectivity index (χ1) is 10.8. The Bertz CT molecular complexity index is 807. The Labute approximate surface area is 129 Å². The first-order valence-corrected chi connectivity index (χ1v) is 6.63. The molecule has 0 aliphatic carbocycles. The summed E-state index contributed by atoms with van der Waals surface area (Å²) in [7, 11) is 0. The van der Waals surface area contributed by atoms with Gasteiger partial charge in [-0.3, -0.25) is 9.97 Å². The van der Waals surface area contributed by atoms with Gasteiger partial charge in [-0.25, -0.2) is 4.98 Å². The lowest BCUT2D eigenvalue weighted by atomic mass is 10.1. The van der Waals surface area contributed by atoms with E-state index in [1.807, 2.05) is 42.5 Å². The second-order valence-electron chi connectivity index (χ2n) is 4.56. The van der Waals surface area contributed by atoms with E-state index in [1.54, 1.807) is 12.4 Å². The van der Waals surface area contributed by atoms with Crippen molar-refractivity contribution in [3.8, 4) is 47.5 Å². The summed E-state index contributed by atoms with van der Waals surface area (Å²) < 4.78 is 0. The van der Waals surface area contributed by atoms with Gasteiger partial charge in [-0.1, -0.05) is 17.9 Å². The molecule has 0 saturated carbocycles. The van der Waals surface area contributed by atoms with Crippen LogP contribution in [0.5, 0.6) is 0 Å². The molecular formula is C19H11N3. The van der Waals surface area contributed by atoms with E-state index in [0.717, 1.165) is 33.9 Å². The van der Waals surface area contributed by atoms with Crippen molar-refractivity contribution >= 4 is 0 Å². The Hall–Kier alpha value is -3.43. The molecule has 3 aromatic rings. The third kappa shape index (κ3) is 2.70. The summed E-state index contributed by atoms with van der Waals surface area (Å²) in [5.74, 6) is 5.09. The Morgan fingerprint density at radius 3 is 1.50 bits per heavy atom. The number of aromatic nitrogens is 3. The van der Waals surface area contributed by atoms with Crippen LogP contribution in [0.15, 0.2) is 54.9 Å². The standard InChI is InChI=1S/C19H11N3/c1-3-14-8-10-16(20-12-14)18-6-5-7-19(22-18)17-11-9-15(4-2)13-21-17/h1-2,5-13H. The van der Waals surface area contributed by atoms with E-state index in [9.17, 15) is 0 Å². The minimum atomic E-state index is 0.742. The molecule has 0 atom stereocenters. The van der Waals surface area contributed by atoms with Crippen molar-refractivity contribution in [3.63, 3.8) is 0 Å². The highest BCUT2D eigenvalue weighted by atomic mass is 14.8. The van der Waals surface area contributed by atoms with Gasteiger partial charge in [0.25, 0.3) is 0 Å². The lowest BCUT2D eigenvalue weighted by Gasteiger charge is -2.04. The second kappa shape index (κ2) is 5.91. The minimum Gasteiger partial charge on any atom is -0.253 e. The van der Waals surface area contributed by atoms with E-state index in [-0.39, 0.29) is 0 Å². The van der Waals surface area contributed by atoms with Crippen LogP contribution in [0.4, 0.5) is 0 Å². The van der Waals surface area contributed by atoms with Crippen molar-refractivity contribution in [1.29, 1.82) is 0 Å². The van der Waals surface area contributed by atoms with Gasteiger partial charge in [0.1, 0.15) is 0 Å². The molecular weight excluding hydrogens is 270 g/mol. The van der Waals surface area contributed by atoms with E-state index in [1.165, 1.54) is 0 Å². The summed E-state index contributed by atoms with van der Waals surface area (Å²) in [6.07, 6.45) is 14.0. The van der Waals surface area contributed by atoms with Crippen LogP contribution in [0.3, 0.4) is 0 Å². The second-order valence-corrected chi connectivity index (χ2v) is 4.56. The Balaban J connectivity index is 1.98. The molecule has 0 N–H and O–H groups in total. The highest BCUT2D eigenvalue weighted by Crippen LogP contribution is 2.20. The minimum absolute atomic E-state index is 0.742. The number of rotatable bonds is 2. The van der Waals surface area contributed by atoms with Crippen molar-refractivity contribution in [1.82, 2.24) is 15.0 Å². The van der Waals surface area contributed by atoms with Crippen LogP contribution in [-0.2, 0) is 0 Å². The average Bonchev–Trinajstić information content (AvgIpc) is 2.62. The smallest absolute Gasteiger partial charge is 0.0894 e. The molecule has 0 spiro atoms. The van der Waals surface area contributed by atoms with E-state index < -0.39 is 0 Å². The van der Waals surface area contributed by atoms with Crippen LogP contribution in [0, 0.1) is 24.7 Å². The van der Waals surface area contributed by atoms with Gasteiger partial charge in [-0.05, 0) is 36.4 Å². The molecule has 22 heavy (non-hydrogen) atoms. The van der Waals surface area contributed by atoms with E-state index in [4.69, 9.17) is 12.8 Å². The summed E-state index contributed by atoms with van der Waals surface area (Å²) in [6, 6.07) is 13.1. The zero-order chi connectivity index (χ0) is 15.4. The molecule has 0 amide bonds. The van der Waals surface area contributed by atoms with Gasteiger partial charge < -0.3 is 0 Å². The molecule has 0 aliphatic rings. The summed E-state index contributed by atoms with van der Waals surface area (Å²) in [4.78, 5) is 13.3. The number of nitrogens with zero attached hydrogens (tertiary/aromatic N) is 3. The molecule has 3 aromatic heterocycles. The van der Waals surface area contributed by atoms with E-state index in [2.05, 4.69) is 26.8 Å². The van der Waals surface area contributed by atoms with Crippen LogP contribution >= 0.6 is 0 Å². The zero-order valence-corrected chi connectivity index (χ0v) is 11.7. The largest absolute Gasteiger partial charge is 0.253 e. The van der Waals surface area contributed by atoms with Crippen molar-refractivity contribution in [3.05, 3.63) is 66.0 Å². The predicted molar refractivity (Wildman–Crippen MR) is 86.6 cm³/mol. The van der Waals surface area contributed by atoms with Crippen LogP contribution in [0.25, 0.3) is 22.8 Å². The number of terminal acetylenes is 2. The fourth-order valence-electron chi connectivity index (χ4n) is 1.98. The van der Waals surface area contributed by atoms with Gasteiger partial charge in [0.2, 0.25) is 0 Å². The van der Waals surface area contributed by atoms with Gasteiger partial charge in [-0.2, -0.15) is 0 Å². The predicted octanol–water partition coefficient (Wildman–Crippen LogP) is 3.17. The Morgan fingerprint density at radius 1 is 0.636 bits per heavy atom. The molecule has 3 heteroatoms. The molecule has 0 aromatic carbocycles. The number of hydrogen-bond donors (Lipinski definition) is 0. The topological polar surface area (TPSA) is 38.7 Å². The first-order valence-electron chi connectivity index (χ1n) is 6.63. The van der Waals surface area contributed by atoms with E-state index >= 15 is 0 Å². The highest BCUT2D eigenvalue weighted by Gasteiger charge is 2.05. The van der Waals surface area contributed by atoms with Crippen LogP contribution in [0.2, 0.25) is 0 Å². The molecule has 102 valence electrons. The molecule has 0 bridgehead atoms. The molecule has 3 heterocycles. The quantitative estimate of drug-likeness (QED) is 0.677. The van der Waals surface area contributed by atoms with Crippen molar-refractivity contribution in [2.24, 2.45) is 0 Å². The third-order valence-corrected chi connectivity index (χ3v) is 3.13. The summed E-state index contributed by atoms with van der Waals surface area (Å²) >= 11 is 0. The summed E-state index contributed by atoms with van der Waals surface area (Å²) in [6.45, 7) is 0. The lowest BCUT2D eigenvalue weighted by molar-refractivity contribution is 1.21. The average molecular weight is 281 g/mol. The van der Waals surface area contributed by atoms with Gasteiger partial charge in [0.05, 0.1) is 22.8 Å². The first kappa shape index (κ1) is 13.5. The van der Waals surface area contributed by atoms with Crippen molar-refractivity contribution < 1.29 is 0 Å². The van der Waals surface area contributed by atoms with Crippen molar-refractivity contribution in [2.45, 2.75) is 0 Å². The van der Waals surface area contributed by atoms with Crippen LogP contribution in [-0.4, -0.2) is 15.0 Å². The molecule has 0 saturated heterocycles. The molecule has 0 aliphatic heterocycles. The molecule has 3 rings (SSSR count).